The number of carbonyl (C=O) groups excluding carboxylic acids is 1. The van der Waals surface area contributed by atoms with Crippen LogP contribution in [0.4, 0.5) is 5.95 Å². The first-order chi connectivity index (χ1) is 9.41. The Hall–Kier alpha value is -1.29. The van der Waals surface area contributed by atoms with Crippen LogP contribution in [0.3, 0.4) is 0 Å². The molecule has 0 aliphatic carbocycles. The molecule has 2 heterocycles. The van der Waals surface area contributed by atoms with Gasteiger partial charge in [-0.15, -0.1) is 5.10 Å². The van der Waals surface area contributed by atoms with Gasteiger partial charge in [0, 0.05) is 12.6 Å². The van der Waals surface area contributed by atoms with Crippen LogP contribution in [0.5, 0.6) is 0 Å². The van der Waals surface area contributed by atoms with Gasteiger partial charge in [0.15, 0.2) is 9.84 Å². The van der Waals surface area contributed by atoms with Crippen LogP contribution in [0.15, 0.2) is 5.16 Å². The second-order valence-electron chi connectivity index (χ2n) is 4.53. The number of nitrogens with zero attached hydrogens (tertiary/aromatic N) is 3. The maximum atomic E-state index is 12.2. The number of nitrogens with two attached hydrogens (primary N) is 1. The van der Waals surface area contributed by atoms with Crippen LogP contribution in [-0.2, 0) is 14.6 Å². The fraction of sp³-hybridized carbons (Fsp3) is 0.700. The first kappa shape index (κ1) is 15.1. The topological polar surface area (TPSA) is 122 Å². The van der Waals surface area contributed by atoms with Gasteiger partial charge < -0.3 is 10.6 Å². The van der Waals surface area contributed by atoms with Crippen molar-refractivity contribution in [2.45, 2.75) is 24.5 Å². The van der Waals surface area contributed by atoms with Crippen LogP contribution < -0.4 is 5.73 Å². The number of sulfone groups is 1. The number of nitrogen functional groups attached to an aromatic ring is 1. The zero-order chi connectivity index (χ0) is 14.8. The van der Waals surface area contributed by atoms with E-state index in [-0.39, 0.29) is 35.2 Å². The zero-order valence-electron chi connectivity index (χ0n) is 11.1. The van der Waals surface area contributed by atoms with Crippen LogP contribution in [-0.4, -0.2) is 64.3 Å². The quantitative estimate of drug-likeness (QED) is 0.702. The summed E-state index contributed by atoms with van der Waals surface area (Å²) in [5.74, 6) is 0.482. The summed E-state index contributed by atoms with van der Waals surface area (Å²) in [6, 6.07) is -0.213. The van der Waals surface area contributed by atoms with Gasteiger partial charge in [-0.2, -0.15) is 4.98 Å². The first-order valence-corrected chi connectivity index (χ1v) is 9.02. The molecule has 20 heavy (non-hydrogen) atoms. The number of aromatic amines is 1. The molecule has 0 spiro atoms. The Morgan fingerprint density at radius 1 is 1.60 bits per heavy atom. The molecule has 0 radical (unpaired) electrons. The van der Waals surface area contributed by atoms with E-state index in [1.807, 2.05) is 6.92 Å². The Bertz CT molecular complexity index is 585. The summed E-state index contributed by atoms with van der Waals surface area (Å²) in [4.78, 5) is 17.7. The van der Waals surface area contributed by atoms with Gasteiger partial charge in [0.05, 0.1) is 17.3 Å². The van der Waals surface area contributed by atoms with Crippen molar-refractivity contribution in [1.29, 1.82) is 0 Å². The van der Waals surface area contributed by atoms with E-state index in [1.54, 1.807) is 4.90 Å². The lowest BCUT2D eigenvalue weighted by molar-refractivity contribution is -0.129. The van der Waals surface area contributed by atoms with Crippen LogP contribution in [0.2, 0.25) is 0 Å². The largest absolute Gasteiger partial charge is 0.368 e. The van der Waals surface area contributed by atoms with E-state index < -0.39 is 9.84 Å². The number of hydrogen-bond donors (Lipinski definition) is 2. The molecule has 1 fully saturated rings. The van der Waals surface area contributed by atoms with Crippen molar-refractivity contribution < 1.29 is 13.2 Å². The molecule has 1 atom stereocenters. The monoisotopic (exact) mass is 319 g/mol. The van der Waals surface area contributed by atoms with E-state index in [1.165, 1.54) is 11.8 Å². The lowest BCUT2D eigenvalue weighted by Gasteiger charge is -2.26. The van der Waals surface area contributed by atoms with E-state index in [2.05, 4.69) is 15.2 Å². The molecule has 112 valence electrons. The Morgan fingerprint density at radius 3 is 2.85 bits per heavy atom. The number of amides is 1. The normalized spacial score (nSPS) is 20.9. The van der Waals surface area contributed by atoms with Gasteiger partial charge >= 0.3 is 0 Å². The Morgan fingerprint density at radius 2 is 2.35 bits per heavy atom. The van der Waals surface area contributed by atoms with Gasteiger partial charge in [-0.25, -0.2) is 13.5 Å². The van der Waals surface area contributed by atoms with Crippen molar-refractivity contribution in [2.24, 2.45) is 0 Å². The average molecular weight is 319 g/mol. The molecule has 0 aromatic carbocycles. The van der Waals surface area contributed by atoms with Crippen molar-refractivity contribution >= 4 is 33.5 Å². The van der Waals surface area contributed by atoms with Crippen LogP contribution in [0, 0.1) is 0 Å². The molecule has 1 aliphatic rings. The van der Waals surface area contributed by atoms with E-state index in [9.17, 15) is 13.2 Å². The summed E-state index contributed by atoms with van der Waals surface area (Å²) in [5, 5.41) is 6.73. The molecule has 1 saturated heterocycles. The fourth-order valence-electron chi connectivity index (χ4n) is 2.19. The molecule has 1 aromatic heterocycles. The molecular weight excluding hydrogens is 302 g/mol. The highest BCUT2D eigenvalue weighted by Gasteiger charge is 2.33. The molecule has 2 rings (SSSR count). The second kappa shape index (κ2) is 6.00. The van der Waals surface area contributed by atoms with Crippen molar-refractivity contribution in [1.82, 2.24) is 20.1 Å². The Kier molecular flexibility index (Phi) is 4.53. The molecule has 8 nitrogen and oxygen atoms in total. The summed E-state index contributed by atoms with van der Waals surface area (Å²) in [5.41, 5.74) is 5.40. The lowest BCUT2D eigenvalue weighted by atomic mass is 10.2. The van der Waals surface area contributed by atoms with Gasteiger partial charge in [0.25, 0.3) is 0 Å². The van der Waals surface area contributed by atoms with Crippen molar-refractivity contribution in [2.75, 3.05) is 29.5 Å². The van der Waals surface area contributed by atoms with Crippen molar-refractivity contribution in [3.8, 4) is 0 Å². The first-order valence-electron chi connectivity index (χ1n) is 6.22. The molecule has 0 saturated carbocycles. The third kappa shape index (κ3) is 3.63. The third-order valence-corrected chi connectivity index (χ3v) is 5.70. The average Bonchev–Trinajstić information content (AvgIpc) is 2.94. The smallest absolute Gasteiger partial charge is 0.233 e. The minimum absolute atomic E-state index is 0.0604. The minimum atomic E-state index is -2.99. The number of thioether (sulfide) groups is 1. The SMILES string of the molecule is CCN(C(=O)CSc1n[nH]c(N)n1)[C@@H]1CCS(=O)(=O)C1. The number of carbonyl (C=O) groups is 1. The van der Waals surface area contributed by atoms with Crippen LogP contribution in [0.25, 0.3) is 0 Å². The van der Waals surface area contributed by atoms with E-state index in [0.29, 0.717) is 18.1 Å². The number of H-pyrrole nitrogens is 1. The summed E-state index contributed by atoms with van der Waals surface area (Å²) in [6.45, 7) is 2.34. The molecule has 0 unspecified atom stereocenters. The highest BCUT2D eigenvalue weighted by Crippen LogP contribution is 2.20. The summed E-state index contributed by atoms with van der Waals surface area (Å²) < 4.78 is 23.0. The predicted octanol–water partition coefficient (Wildman–Crippen LogP) is -0.485. The predicted molar refractivity (Wildman–Crippen MR) is 76.0 cm³/mol. The van der Waals surface area contributed by atoms with Gasteiger partial charge in [-0.3, -0.25) is 4.79 Å². The van der Waals surface area contributed by atoms with Crippen LogP contribution >= 0.6 is 11.8 Å². The molecule has 10 heteroatoms. The number of hydrogen-bond acceptors (Lipinski definition) is 7. The highest BCUT2D eigenvalue weighted by atomic mass is 32.2. The molecular formula is C10H17N5O3S2. The molecule has 0 bridgehead atoms. The molecule has 1 aromatic rings. The number of anilines is 1. The maximum absolute atomic E-state index is 12.2. The minimum Gasteiger partial charge on any atom is -0.368 e. The molecule has 3 N–H and O–H groups in total. The fourth-order valence-corrected chi connectivity index (χ4v) is 4.61. The number of nitrogens with one attached hydrogen (secondary N) is 1. The van der Waals surface area contributed by atoms with Crippen LogP contribution in [0.1, 0.15) is 13.3 Å². The van der Waals surface area contributed by atoms with Gasteiger partial charge in [-0.05, 0) is 13.3 Å². The maximum Gasteiger partial charge on any atom is 0.233 e. The Labute approximate surface area is 121 Å². The summed E-state index contributed by atoms with van der Waals surface area (Å²) in [6.07, 6.45) is 0.514. The molecule has 1 amide bonds. The van der Waals surface area contributed by atoms with Gasteiger partial charge in [0.2, 0.25) is 17.0 Å². The van der Waals surface area contributed by atoms with E-state index >= 15 is 0 Å². The number of rotatable bonds is 5. The Balaban J connectivity index is 1.92. The summed E-state index contributed by atoms with van der Waals surface area (Å²) in [7, 11) is -2.99. The van der Waals surface area contributed by atoms with Crippen molar-refractivity contribution in [3.05, 3.63) is 0 Å². The second-order valence-corrected chi connectivity index (χ2v) is 7.70. The zero-order valence-corrected chi connectivity index (χ0v) is 12.7. The molecule has 1 aliphatic heterocycles. The van der Waals surface area contributed by atoms with Gasteiger partial charge in [0.1, 0.15) is 0 Å². The van der Waals surface area contributed by atoms with Crippen molar-refractivity contribution in [3.63, 3.8) is 0 Å². The lowest BCUT2D eigenvalue weighted by Crippen LogP contribution is -2.41. The highest BCUT2D eigenvalue weighted by molar-refractivity contribution is 7.99. The standard InChI is InChI=1S/C10H17N5O3S2/c1-2-15(7-3-4-20(17,18)6-7)8(16)5-19-10-12-9(11)13-14-10/h7H,2-6H2,1H3,(H3,11,12,13,14)/t7-/m1/s1. The van der Waals surface area contributed by atoms with E-state index in [4.69, 9.17) is 5.73 Å². The third-order valence-electron chi connectivity index (χ3n) is 3.12. The van der Waals surface area contributed by atoms with E-state index in [0.717, 1.165) is 0 Å². The van der Waals surface area contributed by atoms with Gasteiger partial charge in [-0.1, -0.05) is 11.8 Å². The number of aromatic nitrogens is 3. The summed E-state index contributed by atoms with van der Waals surface area (Å²) >= 11 is 1.18.